The van der Waals surface area contributed by atoms with Crippen LogP contribution in [-0.4, -0.2) is 23.1 Å². The van der Waals surface area contributed by atoms with Crippen molar-refractivity contribution in [1.29, 1.82) is 0 Å². The minimum atomic E-state index is 0.603. The third-order valence-corrected chi connectivity index (χ3v) is 3.86. The van der Waals surface area contributed by atoms with Crippen molar-refractivity contribution in [3.05, 3.63) is 27.6 Å². The highest BCUT2D eigenvalue weighted by Crippen LogP contribution is 2.25. The van der Waals surface area contributed by atoms with Crippen molar-refractivity contribution in [1.82, 2.24) is 15.3 Å². The van der Waals surface area contributed by atoms with Crippen molar-refractivity contribution < 1.29 is 0 Å². The van der Waals surface area contributed by atoms with Gasteiger partial charge in [-0.25, -0.2) is 4.98 Å². The second kappa shape index (κ2) is 4.33. The third kappa shape index (κ3) is 1.96. The van der Waals surface area contributed by atoms with E-state index in [9.17, 15) is 0 Å². The summed E-state index contributed by atoms with van der Waals surface area (Å²) in [5.74, 6) is 1.77. The van der Waals surface area contributed by atoms with Crippen molar-refractivity contribution in [3.63, 3.8) is 0 Å². The second-order valence-electron chi connectivity index (χ2n) is 4.31. The first-order chi connectivity index (χ1) is 7.83. The number of hydrogen-bond acceptors (Lipinski definition) is 2. The number of nitrogens with one attached hydrogen (secondary N) is 2. The van der Waals surface area contributed by atoms with Gasteiger partial charge in [0.05, 0.1) is 11.0 Å². The Bertz CT molecular complexity index is 500. The molecule has 2 aromatic rings. The van der Waals surface area contributed by atoms with E-state index in [1.165, 1.54) is 27.8 Å². The Balaban J connectivity index is 1.97. The Hall–Kier alpha value is -0.620. The van der Waals surface area contributed by atoms with Gasteiger partial charge in [0, 0.05) is 9.49 Å². The largest absolute Gasteiger partial charge is 0.342 e. The summed E-state index contributed by atoms with van der Waals surface area (Å²) in [6.07, 6.45) is 2.38. The van der Waals surface area contributed by atoms with E-state index in [0.29, 0.717) is 5.92 Å². The van der Waals surface area contributed by atoms with Gasteiger partial charge in [-0.3, -0.25) is 0 Å². The summed E-state index contributed by atoms with van der Waals surface area (Å²) >= 11 is 2.33. The molecule has 0 spiro atoms. The molecule has 1 aliphatic rings. The first-order valence-corrected chi connectivity index (χ1v) is 6.77. The van der Waals surface area contributed by atoms with Crippen LogP contribution in [0.25, 0.3) is 11.0 Å². The lowest BCUT2D eigenvalue weighted by Crippen LogP contribution is -2.27. The Morgan fingerprint density at radius 1 is 1.25 bits per heavy atom. The van der Waals surface area contributed by atoms with Gasteiger partial charge in [0.15, 0.2) is 0 Å². The number of halogens is 1. The van der Waals surface area contributed by atoms with Crippen LogP contribution in [0.15, 0.2) is 18.2 Å². The molecule has 0 bridgehead atoms. The van der Waals surface area contributed by atoms with Crippen molar-refractivity contribution in [2.24, 2.45) is 0 Å². The Morgan fingerprint density at radius 3 is 2.88 bits per heavy atom. The maximum atomic E-state index is 4.69. The molecule has 0 aliphatic carbocycles. The summed E-state index contributed by atoms with van der Waals surface area (Å²) in [5.41, 5.74) is 2.26. The molecule has 0 amide bonds. The van der Waals surface area contributed by atoms with Crippen LogP contribution >= 0.6 is 22.6 Å². The molecule has 84 valence electrons. The van der Waals surface area contributed by atoms with E-state index >= 15 is 0 Å². The molecule has 0 radical (unpaired) electrons. The number of imidazole rings is 1. The molecule has 0 saturated carbocycles. The van der Waals surface area contributed by atoms with Crippen LogP contribution in [0.4, 0.5) is 0 Å². The maximum Gasteiger partial charge on any atom is 0.110 e. The molecule has 3 rings (SSSR count). The van der Waals surface area contributed by atoms with Crippen LogP contribution in [0.3, 0.4) is 0 Å². The van der Waals surface area contributed by atoms with Crippen molar-refractivity contribution in [3.8, 4) is 0 Å². The average molecular weight is 327 g/mol. The summed E-state index contributed by atoms with van der Waals surface area (Å²) in [6, 6.07) is 6.36. The average Bonchev–Trinajstić information content (AvgIpc) is 2.73. The summed E-state index contributed by atoms with van der Waals surface area (Å²) in [7, 11) is 0. The molecular formula is C12H14IN3. The molecular weight excluding hydrogens is 313 g/mol. The van der Waals surface area contributed by atoms with E-state index in [2.05, 4.69) is 51.1 Å². The van der Waals surface area contributed by atoms with Gasteiger partial charge < -0.3 is 10.3 Å². The number of benzene rings is 1. The van der Waals surface area contributed by atoms with Gasteiger partial charge in [0.2, 0.25) is 0 Å². The van der Waals surface area contributed by atoms with E-state index < -0.39 is 0 Å². The number of piperidine rings is 1. The molecule has 2 N–H and O–H groups in total. The van der Waals surface area contributed by atoms with Gasteiger partial charge in [-0.05, 0) is 66.7 Å². The monoisotopic (exact) mass is 327 g/mol. The standard InChI is InChI=1S/C12H14IN3/c13-9-1-2-10-11(7-9)16-12(15-10)8-3-5-14-6-4-8/h1-2,7-8,14H,3-6H2,(H,15,16). The lowest BCUT2D eigenvalue weighted by molar-refractivity contribution is 0.448. The molecule has 3 nitrogen and oxygen atoms in total. The SMILES string of the molecule is Ic1ccc2nc(C3CCNCC3)[nH]c2c1. The van der Waals surface area contributed by atoms with Gasteiger partial charge in [-0.1, -0.05) is 0 Å². The number of H-pyrrole nitrogens is 1. The van der Waals surface area contributed by atoms with Gasteiger partial charge in [-0.15, -0.1) is 0 Å². The number of nitrogens with zero attached hydrogens (tertiary/aromatic N) is 1. The Kier molecular flexibility index (Phi) is 2.85. The van der Waals surface area contributed by atoms with Crippen LogP contribution in [0.5, 0.6) is 0 Å². The van der Waals surface area contributed by atoms with Crippen molar-refractivity contribution >= 4 is 33.6 Å². The van der Waals surface area contributed by atoms with Gasteiger partial charge in [-0.2, -0.15) is 0 Å². The van der Waals surface area contributed by atoms with Gasteiger partial charge in [0.25, 0.3) is 0 Å². The predicted molar refractivity (Wildman–Crippen MR) is 73.7 cm³/mol. The molecule has 0 unspecified atom stereocenters. The smallest absolute Gasteiger partial charge is 0.110 e. The van der Waals surface area contributed by atoms with Crippen LogP contribution in [0, 0.1) is 3.57 Å². The summed E-state index contributed by atoms with van der Waals surface area (Å²) < 4.78 is 1.26. The van der Waals surface area contributed by atoms with E-state index in [-0.39, 0.29) is 0 Å². The zero-order valence-corrected chi connectivity index (χ0v) is 11.1. The lowest BCUT2D eigenvalue weighted by atomic mass is 9.98. The van der Waals surface area contributed by atoms with Crippen LogP contribution in [-0.2, 0) is 0 Å². The molecule has 1 aliphatic heterocycles. The molecule has 1 aromatic carbocycles. The second-order valence-corrected chi connectivity index (χ2v) is 5.55. The zero-order valence-electron chi connectivity index (χ0n) is 8.96. The summed E-state index contributed by atoms with van der Waals surface area (Å²) in [4.78, 5) is 8.15. The topological polar surface area (TPSA) is 40.7 Å². The van der Waals surface area contributed by atoms with Crippen LogP contribution < -0.4 is 5.32 Å². The first-order valence-electron chi connectivity index (χ1n) is 5.69. The van der Waals surface area contributed by atoms with Crippen LogP contribution in [0.2, 0.25) is 0 Å². The molecule has 1 aromatic heterocycles. The van der Waals surface area contributed by atoms with Gasteiger partial charge >= 0.3 is 0 Å². The lowest BCUT2D eigenvalue weighted by Gasteiger charge is -2.20. The molecule has 16 heavy (non-hydrogen) atoms. The highest BCUT2D eigenvalue weighted by atomic mass is 127. The summed E-state index contributed by atoms with van der Waals surface area (Å²) in [6.45, 7) is 2.22. The van der Waals surface area contributed by atoms with Crippen LogP contribution in [0.1, 0.15) is 24.6 Å². The fraction of sp³-hybridized carbons (Fsp3) is 0.417. The fourth-order valence-electron chi connectivity index (χ4n) is 2.29. The van der Waals surface area contributed by atoms with E-state index in [4.69, 9.17) is 4.98 Å². The highest BCUT2D eigenvalue weighted by Gasteiger charge is 2.18. The quantitative estimate of drug-likeness (QED) is 0.791. The first kappa shape index (κ1) is 10.5. The Morgan fingerprint density at radius 2 is 2.06 bits per heavy atom. The zero-order chi connectivity index (χ0) is 11.0. The fourth-order valence-corrected chi connectivity index (χ4v) is 2.78. The highest BCUT2D eigenvalue weighted by molar-refractivity contribution is 14.1. The van der Waals surface area contributed by atoms with Gasteiger partial charge in [0.1, 0.15) is 5.82 Å². The third-order valence-electron chi connectivity index (χ3n) is 3.19. The molecule has 0 atom stereocenters. The Labute approximate surface area is 108 Å². The number of aromatic nitrogens is 2. The molecule has 4 heteroatoms. The number of hydrogen-bond donors (Lipinski definition) is 2. The maximum absolute atomic E-state index is 4.69. The number of rotatable bonds is 1. The van der Waals surface area contributed by atoms with E-state index in [0.717, 1.165) is 18.6 Å². The van der Waals surface area contributed by atoms with Crippen molar-refractivity contribution in [2.75, 3.05) is 13.1 Å². The predicted octanol–water partition coefficient (Wildman–Crippen LogP) is 2.63. The minimum Gasteiger partial charge on any atom is -0.342 e. The molecule has 2 heterocycles. The normalized spacial score (nSPS) is 18.1. The summed E-state index contributed by atoms with van der Waals surface area (Å²) in [5, 5.41) is 3.38. The number of aromatic amines is 1. The number of fused-ring (bicyclic) bond motifs is 1. The van der Waals surface area contributed by atoms with E-state index in [1.807, 2.05) is 0 Å². The van der Waals surface area contributed by atoms with E-state index in [1.54, 1.807) is 0 Å². The minimum absolute atomic E-state index is 0.603. The molecule has 1 fully saturated rings. The van der Waals surface area contributed by atoms with Crippen molar-refractivity contribution in [2.45, 2.75) is 18.8 Å². The molecule has 1 saturated heterocycles.